The molecule has 0 saturated carbocycles. The lowest BCUT2D eigenvalue weighted by atomic mass is 10.1. The van der Waals surface area contributed by atoms with E-state index in [4.69, 9.17) is 17.3 Å². The third-order valence-corrected chi connectivity index (χ3v) is 4.48. The molecule has 2 N–H and O–H groups in total. The van der Waals surface area contributed by atoms with Gasteiger partial charge in [0.25, 0.3) is 0 Å². The van der Waals surface area contributed by atoms with Crippen molar-refractivity contribution in [1.82, 2.24) is 0 Å². The second-order valence-corrected chi connectivity index (χ2v) is 5.88. The number of thiophene rings is 1. The van der Waals surface area contributed by atoms with Crippen LogP contribution in [0.15, 0.2) is 48.5 Å². The Morgan fingerprint density at radius 3 is 2.63 bits per heavy atom. The Hall–Kier alpha value is -1.42. The molecule has 0 aliphatic carbocycles. The van der Waals surface area contributed by atoms with Gasteiger partial charge in [-0.15, -0.1) is 11.3 Å². The van der Waals surface area contributed by atoms with Crippen molar-refractivity contribution in [2.75, 3.05) is 0 Å². The summed E-state index contributed by atoms with van der Waals surface area (Å²) in [5.41, 5.74) is 6.63. The van der Waals surface area contributed by atoms with Crippen molar-refractivity contribution < 1.29 is 4.39 Å². The molecule has 1 heterocycles. The van der Waals surface area contributed by atoms with Crippen LogP contribution in [0.5, 0.6) is 0 Å². The highest BCUT2D eigenvalue weighted by atomic mass is 35.5. The Morgan fingerprint density at radius 1 is 1.11 bits per heavy atom. The first-order chi connectivity index (χ1) is 9.15. The van der Waals surface area contributed by atoms with Crippen LogP contribution in [0.1, 0.15) is 16.5 Å². The van der Waals surface area contributed by atoms with Gasteiger partial charge in [0.2, 0.25) is 0 Å². The zero-order chi connectivity index (χ0) is 13.4. The molecule has 0 fully saturated rings. The van der Waals surface area contributed by atoms with Gasteiger partial charge in [0, 0.05) is 20.2 Å². The lowest BCUT2D eigenvalue weighted by molar-refractivity contribution is 0.601. The van der Waals surface area contributed by atoms with E-state index in [2.05, 4.69) is 0 Å². The highest BCUT2D eigenvalue weighted by Crippen LogP contribution is 2.33. The molecule has 0 saturated heterocycles. The normalized spacial score (nSPS) is 12.8. The smallest absolute Gasteiger partial charge is 0.129 e. The van der Waals surface area contributed by atoms with E-state index in [9.17, 15) is 4.39 Å². The summed E-state index contributed by atoms with van der Waals surface area (Å²) in [5.74, 6) is -0.363. The number of fused-ring (bicyclic) bond motifs is 1. The molecule has 0 amide bonds. The van der Waals surface area contributed by atoms with Crippen LogP contribution >= 0.6 is 22.9 Å². The fraction of sp³-hybridized carbons (Fsp3) is 0.0667. The lowest BCUT2D eigenvalue weighted by Crippen LogP contribution is -2.12. The first-order valence-electron chi connectivity index (χ1n) is 5.84. The van der Waals surface area contributed by atoms with E-state index in [0.29, 0.717) is 10.6 Å². The predicted molar refractivity (Wildman–Crippen MR) is 79.3 cm³/mol. The van der Waals surface area contributed by atoms with Crippen molar-refractivity contribution in [3.05, 3.63) is 69.8 Å². The van der Waals surface area contributed by atoms with Crippen LogP contribution in [0, 0.1) is 5.82 Å². The fourth-order valence-electron chi connectivity index (χ4n) is 2.06. The average molecular weight is 292 g/mol. The average Bonchev–Trinajstić information content (AvgIpc) is 2.81. The maximum atomic E-state index is 13.9. The van der Waals surface area contributed by atoms with Gasteiger partial charge in [0.15, 0.2) is 0 Å². The van der Waals surface area contributed by atoms with E-state index in [-0.39, 0.29) is 5.82 Å². The minimum atomic E-state index is -0.463. The highest BCUT2D eigenvalue weighted by molar-refractivity contribution is 7.19. The molecule has 19 heavy (non-hydrogen) atoms. The summed E-state index contributed by atoms with van der Waals surface area (Å²) in [5, 5.41) is 1.51. The molecular formula is C15H11ClFNS. The van der Waals surface area contributed by atoms with Crippen LogP contribution in [0.25, 0.3) is 10.1 Å². The number of halogens is 2. The second-order valence-electron chi connectivity index (χ2n) is 4.33. The molecule has 0 aliphatic heterocycles. The van der Waals surface area contributed by atoms with Gasteiger partial charge in [-0.25, -0.2) is 4.39 Å². The minimum Gasteiger partial charge on any atom is -0.320 e. The summed E-state index contributed by atoms with van der Waals surface area (Å²) in [6.07, 6.45) is 0. The number of hydrogen-bond donors (Lipinski definition) is 1. The molecule has 3 aromatic rings. The predicted octanol–water partition coefficient (Wildman–Crippen LogP) is 4.74. The van der Waals surface area contributed by atoms with Gasteiger partial charge in [-0.1, -0.05) is 35.9 Å². The summed E-state index contributed by atoms with van der Waals surface area (Å²) in [4.78, 5) is 0.947. The SMILES string of the molecule is NC(c1cc2ccccc2s1)c1ccc(Cl)cc1F. The van der Waals surface area contributed by atoms with Crippen molar-refractivity contribution in [1.29, 1.82) is 0 Å². The number of nitrogens with two attached hydrogens (primary N) is 1. The summed E-state index contributed by atoms with van der Waals surface area (Å²) in [6.45, 7) is 0. The van der Waals surface area contributed by atoms with Gasteiger partial charge in [-0.2, -0.15) is 0 Å². The standard InChI is InChI=1S/C15H11ClFNS/c16-10-5-6-11(12(17)8-10)15(18)14-7-9-3-1-2-4-13(9)19-14/h1-8,15H,18H2. The third-order valence-electron chi connectivity index (χ3n) is 3.05. The van der Waals surface area contributed by atoms with Gasteiger partial charge in [-0.05, 0) is 29.7 Å². The molecule has 96 valence electrons. The van der Waals surface area contributed by atoms with Gasteiger partial charge >= 0.3 is 0 Å². The monoisotopic (exact) mass is 291 g/mol. The van der Waals surface area contributed by atoms with Gasteiger partial charge in [-0.3, -0.25) is 0 Å². The van der Waals surface area contributed by atoms with Crippen molar-refractivity contribution >= 4 is 33.0 Å². The van der Waals surface area contributed by atoms with Crippen LogP contribution in [-0.2, 0) is 0 Å². The first kappa shape index (κ1) is 12.6. The minimum absolute atomic E-state index is 0.363. The van der Waals surface area contributed by atoms with E-state index in [1.54, 1.807) is 23.5 Å². The lowest BCUT2D eigenvalue weighted by Gasteiger charge is -2.11. The van der Waals surface area contributed by atoms with E-state index in [0.717, 1.165) is 15.0 Å². The third kappa shape index (κ3) is 2.37. The van der Waals surface area contributed by atoms with E-state index < -0.39 is 6.04 Å². The van der Waals surface area contributed by atoms with Crippen molar-refractivity contribution in [3.63, 3.8) is 0 Å². The van der Waals surface area contributed by atoms with Crippen molar-refractivity contribution in [2.45, 2.75) is 6.04 Å². The zero-order valence-electron chi connectivity index (χ0n) is 9.94. The van der Waals surface area contributed by atoms with Crippen LogP contribution in [0.2, 0.25) is 5.02 Å². The molecule has 0 spiro atoms. The Labute approximate surface area is 119 Å². The molecule has 1 atom stereocenters. The van der Waals surface area contributed by atoms with E-state index >= 15 is 0 Å². The molecule has 3 rings (SSSR count). The molecule has 0 radical (unpaired) electrons. The summed E-state index contributed by atoms with van der Waals surface area (Å²) in [7, 11) is 0. The summed E-state index contributed by atoms with van der Waals surface area (Å²) < 4.78 is 15.0. The van der Waals surface area contributed by atoms with Gasteiger partial charge in [0.1, 0.15) is 5.82 Å². The Kier molecular flexibility index (Phi) is 3.27. The summed E-state index contributed by atoms with van der Waals surface area (Å²) in [6, 6.07) is 14.2. The second kappa shape index (κ2) is 4.93. The topological polar surface area (TPSA) is 26.0 Å². The number of benzene rings is 2. The number of rotatable bonds is 2. The van der Waals surface area contributed by atoms with Crippen LogP contribution in [0.3, 0.4) is 0 Å². The quantitative estimate of drug-likeness (QED) is 0.725. The van der Waals surface area contributed by atoms with Crippen molar-refractivity contribution in [2.24, 2.45) is 5.73 Å². The number of hydrogen-bond acceptors (Lipinski definition) is 2. The van der Waals surface area contributed by atoms with Crippen LogP contribution in [-0.4, -0.2) is 0 Å². The molecule has 2 aromatic carbocycles. The van der Waals surface area contributed by atoms with Crippen LogP contribution < -0.4 is 5.73 Å². The fourth-order valence-corrected chi connectivity index (χ4v) is 3.31. The molecule has 1 unspecified atom stereocenters. The summed E-state index contributed by atoms with van der Waals surface area (Å²) >= 11 is 7.34. The van der Waals surface area contributed by atoms with E-state index in [1.165, 1.54) is 6.07 Å². The highest BCUT2D eigenvalue weighted by Gasteiger charge is 2.16. The van der Waals surface area contributed by atoms with Crippen LogP contribution in [0.4, 0.5) is 4.39 Å². The Balaban J connectivity index is 2.05. The maximum Gasteiger partial charge on any atom is 0.129 e. The largest absolute Gasteiger partial charge is 0.320 e. The molecular weight excluding hydrogens is 281 g/mol. The van der Waals surface area contributed by atoms with E-state index in [1.807, 2.05) is 30.3 Å². The first-order valence-corrected chi connectivity index (χ1v) is 7.03. The Bertz CT molecular complexity index is 705. The molecule has 0 bridgehead atoms. The van der Waals surface area contributed by atoms with Crippen molar-refractivity contribution in [3.8, 4) is 0 Å². The maximum absolute atomic E-state index is 13.9. The molecule has 1 aromatic heterocycles. The molecule has 1 nitrogen and oxygen atoms in total. The molecule has 0 aliphatic rings. The van der Waals surface area contributed by atoms with Gasteiger partial charge < -0.3 is 5.73 Å². The van der Waals surface area contributed by atoms with Gasteiger partial charge in [0.05, 0.1) is 6.04 Å². The molecule has 4 heteroatoms. The zero-order valence-corrected chi connectivity index (χ0v) is 11.5. The Morgan fingerprint density at radius 2 is 1.89 bits per heavy atom.